The number of anilines is 1. The molecule has 73 heavy (non-hydrogen) atoms. The summed E-state index contributed by atoms with van der Waals surface area (Å²) in [7, 11) is 0. The molecule has 6 aromatic rings. The first-order valence-corrected chi connectivity index (χ1v) is 23.9. The molecule has 1 aliphatic rings. The monoisotopic (exact) mass is 991 g/mol. The molecule has 6 amide bonds. The van der Waals surface area contributed by atoms with Crippen LogP contribution in [0, 0.1) is 11.7 Å². The van der Waals surface area contributed by atoms with Gasteiger partial charge in [-0.1, -0.05) is 98.8 Å². The predicted octanol–water partition coefficient (Wildman–Crippen LogP) is 5.37. The summed E-state index contributed by atoms with van der Waals surface area (Å²) in [5.74, 6) is -5.65. The highest BCUT2D eigenvalue weighted by Crippen LogP contribution is 2.42. The van der Waals surface area contributed by atoms with Gasteiger partial charge < -0.3 is 41.7 Å². The summed E-state index contributed by atoms with van der Waals surface area (Å²) < 4.78 is 15.5. The molecule has 2 heterocycles. The number of hydrogen-bond donors (Lipinski definition) is 7. The summed E-state index contributed by atoms with van der Waals surface area (Å²) in [4.78, 5) is 95.4. The molecule has 17 nitrogen and oxygen atoms in total. The van der Waals surface area contributed by atoms with Crippen molar-refractivity contribution < 1.29 is 48.2 Å². The molecule has 0 unspecified atom stereocenters. The first-order chi connectivity index (χ1) is 35.0. The van der Waals surface area contributed by atoms with Gasteiger partial charge in [0.15, 0.2) is 0 Å². The van der Waals surface area contributed by atoms with Gasteiger partial charge in [-0.2, -0.15) is 5.10 Å². The molecule has 378 valence electrons. The molecule has 0 radical (unpaired) electrons. The maximum atomic E-state index is 14.3. The minimum atomic E-state index is -1.25. The number of aliphatic carboxylic acids is 1. The number of phenols is 1. The van der Waals surface area contributed by atoms with Crippen LogP contribution in [-0.2, 0) is 52.9 Å². The quantitative estimate of drug-likeness (QED) is 0.0516. The first kappa shape index (κ1) is 52.2. The molecular formula is C55H57FN8O9. The zero-order valence-electron chi connectivity index (χ0n) is 40.5. The van der Waals surface area contributed by atoms with Crippen molar-refractivity contribution in [2.24, 2.45) is 5.92 Å². The Labute approximate surface area is 421 Å². The van der Waals surface area contributed by atoms with Gasteiger partial charge >= 0.3 is 5.97 Å². The second-order valence-corrected chi connectivity index (χ2v) is 18.2. The SMILES string of the molecule is CC(C)C[C@H](NC(=O)[C@H](Cc1ccccc1)NC(=O)CNC(=O)[C@H](C)NC(=O)[C@H](Cc1ccc(O)cc1)NC(=O)CCC(=O)N1Cc2ccccc2-c2nn(-c3ccc([18F])cc3)cc2-c2ccccc21)C(=O)O. The molecule has 0 saturated heterocycles. The number of phenolic OH excluding ortho intramolecular Hbond substituents is 1. The third-order valence-electron chi connectivity index (χ3n) is 12.2. The fourth-order valence-electron chi connectivity index (χ4n) is 8.47. The summed E-state index contributed by atoms with van der Waals surface area (Å²) in [5.41, 5.74) is 6.19. The lowest BCUT2D eigenvalue weighted by Crippen LogP contribution is -2.56. The highest BCUT2D eigenvalue weighted by atomic mass is 18.2. The number of fused-ring (bicyclic) bond motifs is 5. The van der Waals surface area contributed by atoms with Gasteiger partial charge in [-0.15, -0.1) is 0 Å². The van der Waals surface area contributed by atoms with Crippen LogP contribution in [0.4, 0.5) is 10.1 Å². The largest absolute Gasteiger partial charge is 0.508 e. The molecule has 7 N–H and O–H groups in total. The van der Waals surface area contributed by atoms with Crippen molar-refractivity contribution in [1.29, 1.82) is 0 Å². The van der Waals surface area contributed by atoms with Crippen LogP contribution in [-0.4, -0.2) is 92.1 Å². The Hall–Kier alpha value is -8.67. The number of aromatic nitrogens is 2. The van der Waals surface area contributed by atoms with Crippen LogP contribution in [0.15, 0.2) is 134 Å². The number of carbonyl (C=O) groups is 7. The molecule has 0 bridgehead atoms. The number of carboxylic acid groups (broad SMARTS) is 1. The van der Waals surface area contributed by atoms with Crippen LogP contribution in [0.2, 0.25) is 0 Å². The lowest BCUT2D eigenvalue weighted by molar-refractivity contribution is -0.142. The number of carbonyl (C=O) groups excluding carboxylic acids is 6. The Morgan fingerprint density at radius 2 is 1.23 bits per heavy atom. The predicted molar refractivity (Wildman–Crippen MR) is 270 cm³/mol. The molecule has 7 rings (SSSR count). The van der Waals surface area contributed by atoms with Gasteiger partial charge in [0.25, 0.3) is 0 Å². The third kappa shape index (κ3) is 13.8. The second-order valence-electron chi connectivity index (χ2n) is 18.2. The molecule has 0 spiro atoms. The lowest BCUT2D eigenvalue weighted by atomic mass is 9.93. The zero-order valence-corrected chi connectivity index (χ0v) is 40.5. The Morgan fingerprint density at radius 3 is 1.90 bits per heavy atom. The molecule has 18 heteroatoms. The maximum Gasteiger partial charge on any atom is 0.326 e. The van der Waals surface area contributed by atoms with E-state index < -0.39 is 66.2 Å². The summed E-state index contributed by atoms with van der Waals surface area (Å²) >= 11 is 0. The molecular weight excluding hydrogens is 935 g/mol. The Bertz CT molecular complexity index is 2960. The van der Waals surface area contributed by atoms with E-state index in [-0.39, 0.29) is 62.0 Å². The van der Waals surface area contributed by atoms with Crippen molar-refractivity contribution in [3.05, 3.63) is 156 Å². The lowest BCUT2D eigenvalue weighted by Gasteiger charge is -2.28. The molecule has 0 aliphatic carbocycles. The fraction of sp³-hybridized carbons (Fsp3) is 0.273. The normalized spacial score (nSPS) is 13.3. The van der Waals surface area contributed by atoms with E-state index in [4.69, 9.17) is 5.10 Å². The highest BCUT2D eigenvalue weighted by molar-refractivity contribution is 6.02. The minimum absolute atomic E-state index is 0.0180. The number of benzene rings is 5. The van der Waals surface area contributed by atoms with Crippen molar-refractivity contribution in [2.45, 2.75) is 83.6 Å². The minimum Gasteiger partial charge on any atom is -0.508 e. The Morgan fingerprint density at radius 1 is 0.630 bits per heavy atom. The van der Waals surface area contributed by atoms with Crippen LogP contribution >= 0.6 is 0 Å². The number of hydrogen-bond acceptors (Lipinski definition) is 9. The second kappa shape index (κ2) is 24.0. The van der Waals surface area contributed by atoms with Crippen molar-refractivity contribution in [3.8, 4) is 33.8 Å². The standard InChI is InChI=1S/C55H57FN8O9/c1-33(2)27-46(55(72)73)61-54(71)45(28-35-11-5-4-6-12-35)60-49(67)30-57-52(69)34(3)58-53(70)44(29-36-17-23-40(65)24-18-36)59-48(66)25-26-50(68)63-31-37-13-7-8-14-41(37)51-43(42-15-9-10-16-47(42)63)32-64(62-51)39-21-19-38(56)20-22-39/h4-24,32-34,44-46,65H,25-31H2,1-3H3,(H,57,69)(H,58,70)(H,59,66)(H,60,67)(H,61,71)(H,72,73)/t34-,44-,45-,46-/m0/s1/i56-1. The average molecular weight is 992 g/mol. The summed E-state index contributed by atoms with van der Waals surface area (Å²) in [6.45, 7) is 4.57. The summed E-state index contributed by atoms with van der Waals surface area (Å²) in [5, 5.41) is 37.4. The number of rotatable bonds is 20. The zero-order chi connectivity index (χ0) is 52.2. The first-order valence-electron chi connectivity index (χ1n) is 23.9. The summed E-state index contributed by atoms with van der Waals surface area (Å²) in [6.07, 6.45) is 1.42. The molecule has 5 aromatic carbocycles. The van der Waals surface area contributed by atoms with E-state index in [1.54, 1.807) is 64.2 Å². The van der Waals surface area contributed by atoms with Crippen LogP contribution < -0.4 is 31.5 Å². The number of halogens is 1. The van der Waals surface area contributed by atoms with Crippen LogP contribution in [0.5, 0.6) is 5.75 Å². The van der Waals surface area contributed by atoms with Gasteiger partial charge in [0, 0.05) is 48.6 Å². The molecule has 0 fully saturated rings. The summed E-state index contributed by atoms with van der Waals surface area (Å²) in [6, 6.07) is 30.8. The van der Waals surface area contributed by atoms with Gasteiger partial charge in [0.05, 0.1) is 24.5 Å². The Kier molecular flexibility index (Phi) is 17.1. The molecule has 1 aliphatic heterocycles. The van der Waals surface area contributed by atoms with E-state index in [2.05, 4.69) is 26.6 Å². The van der Waals surface area contributed by atoms with Crippen molar-refractivity contribution >= 4 is 47.1 Å². The van der Waals surface area contributed by atoms with Crippen LogP contribution in [0.1, 0.15) is 56.7 Å². The van der Waals surface area contributed by atoms with Gasteiger partial charge in [0.2, 0.25) is 35.4 Å². The van der Waals surface area contributed by atoms with Crippen molar-refractivity contribution in [1.82, 2.24) is 36.4 Å². The van der Waals surface area contributed by atoms with E-state index in [0.717, 1.165) is 16.7 Å². The fourth-order valence-corrected chi connectivity index (χ4v) is 8.47. The van der Waals surface area contributed by atoms with E-state index in [1.165, 1.54) is 31.2 Å². The third-order valence-corrected chi connectivity index (χ3v) is 12.2. The topological polar surface area (TPSA) is 241 Å². The van der Waals surface area contributed by atoms with Crippen molar-refractivity contribution in [2.75, 3.05) is 11.4 Å². The average Bonchev–Trinajstić information content (AvgIpc) is 3.81. The van der Waals surface area contributed by atoms with Crippen LogP contribution in [0.3, 0.4) is 0 Å². The van der Waals surface area contributed by atoms with Gasteiger partial charge in [0.1, 0.15) is 41.4 Å². The van der Waals surface area contributed by atoms with Gasteiger partial charge in [-0.3, -0.25) is 28.8 Å². The number of nitrogens with one attached hydrogen (secondary N) is 5. The number of aromatic hydroxyl groups is 1. The van der Waals surface area contributed by atoms with Crippen LogP contribution in [0.25, 0.3) is 28.1 Å². The number of nitrogens with zero attached hydrogens (tertiary/aromatic N) is 3. The van der Waals surface area contributed by atoms with E-state index in [1.807, 2.05) is 68.6 Å². The maximum absolute atomic E-state index is 14.3. The number of amides is 6. The van der Waals surface area contributed by atoms with Gasteiger partial charge in [-0.05, 0) is 78.4 Å². The molecule has 0 saturated carbocycles. The van der Waals surface area contributed by atoms with E-state index in [9.17, 15) is 48.2 Å². The Balaban J connectivity index is 1.00. The van der Waals surface area contributed by atoms with Crippen molar-refractivity contribution in [3.63, 3.8) is 0 Å². The highest BCUT2D eigenvalue weighted by Gasteiger charge is 2.31. The molecule has 4 atom stereocenters. The number of carboxylic acids is 1. The smallest absolute Gasteiger partial charge is 0.326 e. The van der Waals surface area contributed by atoms with E-state index >= 15 is 0 Å². The van der Waals surface area contributed by atoms with Gasteiger partial charge in [-0.25, -0.2) is 13.9 Å². The molecule has 1 aromatic heterocycles. The number of para-hydroxylation sites is 1. The van der Waals surface area contributed by atoms with E-state index in [0.29, 0.717) is 33.8 Å².